The second-order valence-corrected chi connectivity index (χ2v) is 4.83. The second kappa shape index (κ2) is 7.51. The van der Waals surface area contributed by atoms with E-state index in [1.54, 1.807) is 6.20 Å². The number of amides is 2. The highest BCUT2D eigenvalue weighted by Crippen LogP contribution is 2.18. The van der Waals surface area contributed by atoms with Gasteiger partial charge in [0.25, 0.3) is 0 Å². The summed E-state index contributed by atoms with van der Waals surface area (Å²) in [4.78, 5) is 22.1. The third-order valence-corrected chi connectivity index (χ3v) is 3.23. The van der Waals surface area contributed by atoms with Crippen LogP contribution in [0, 0.1) is 6.92 Å². The molecule has 1 aromatic heterocycles. The van der Waals surface area contributed by atoms with Crippen LogP contribution in [0.2, 0.25) is 0 Å². The first kappa shape index (κ1) is 15.9. The minimum absolute atomic E-state index is 0.0507. The number of aromatic nitrogens is 2. The molecule has 0 saturated heterocycles. The Morgan fingerprint density at radius 2 is 2.00 bits per heavy atom. The van der Waals surface area contributed by atoms with E-state index in [4.69, 9.17) is 5.11 Å². The highest BCUT2D eigenvalue weighted by Gasteiger charge is 2.11. The van der Waals surface area contributed by atoms with E-state index in [-0.39, 0.29) is 12.6 Å². The molecular weight excluding hydrogens is 280 g/mol. The van der Waals surface area contributed by atoms with Crippen LogP contribution in [-0.4, -0.2) is 45.7 Å². The summed E-state index contributed by atoms with van der Waals surface area (Å²) in [5.74, 6) is 0.661. The fourth-order valence-electron chi connectivity index (χ4n) is 2.02. The minimum Gasteiger partial charge on any atom is -0.395 e. The van der Waals surface area contributed by atoms with Crippen LogP contribution in [0.1, 0.15) is 12.6 Å². The van der Waals surface area contributed by atoms with Crippen molar-refractivity contribution < 1.29 is 9.90 Å². The zero-order valence-corrected chi connectivity index (χ0v) is 12.8. The van der Waals surface area contributed by atoms with Crippen LogP contribution in [0.4, 0.5) is 10.5 Å². The fourth-order valence-corrected chi connectivity index (χ4v) is 2.02. The van der Waals surface area contributed by atoms with E-state index in [2.05, 4.69) is 15.3 Å². The van der Waals surface area contributed by atoms with Gasteiger partial charge in [0.05, 0.1) is 6.61 Å². The molecule has 0 aliphatic carbocycles. The maximum Gasteiger partial charge on any atom is 0.321 e. The van der Waals surface area contributed by atoms with E-state index in [1.807, 2.05) is 44.2 Å². The molecule has 22 heavy (non-hydrogen) atoms. The Morgan fingerprint density at radius 3 is 2.59 bits per heavy atom. The molecule has 2 rings (SSSR count). The molecule has 0 spiro atoms. The molecule has 0 aliphatic rings. The standard InChI is InChI=1S/C16H20N4O2/c1-3-20(10-11-21)16(22)19-14-6-4-13(5-7-14)15-17-9-8-12(2)18-15/h4-9,21H,3,10-11H2,1-2H3,(H,19,22). The molecule has 1 aromatic carbocycles. The molecule has 2 N–H and O–H groups in total. The van der Waals surface area contributed by atoms with E-state index < -0.39 is 0 Å². The molecule has 0 fully saturated rings. The molecule has 0 saturated carbocycles. The molecule has 2 aromatic rings. The lowest BCUT2D eigenvalue weighted by Gasteiger charge is -2.20. The number of anilines is 1. The van der Waals surface area contributed by atoms with Crippen molar-refractivity contribution in [2.24, 2.45) is 0 Å². The lowest BCUT2D eigenvalue weighted by atomic mass is 10.2. The van der Waals surface area contributed by atoms with Crippen molar-refractivity contribution in [3.8, 4) is 11.4 Å². The highest BCUT2D eigenvalue weighted by atomic mass is 16.3. The van der Waals surface area contributed by atoms with Crippen molar-refractivity contribution in [1.82, 2.24) is 14.9 Å². The number of rotatable bonds is 5. The number of aliphatic hydroxyl groups excluding tert-OH is 1. The third-order valence-electron chi connectivity index (χ3n) is 3.23. The zero-order chi connectivity index (χ0) is 15.9. The van der Waals surface area contributed by atoms with Gasteiger partial charge in [0.15, 0.2) is 5.82 Å². The van der Waals surface area contributed by atoms with Crippen molar-refractivity contribution in [2.75, 3.05) is 25.0 Å². The van der Waals surface area contributed by atoms with Crippen molar-refractivity contribution in [3.05, 3.63) is 42.2 Å². The topological polar surface area (TPSA) is 78.4 Å². The van der Waals surface area contributed by atoms with Crippen molar-refractivity contribution in [2.45, 2.75) is 13.8 Å². The van der Waals surface area contributed by atoms with Crippen LogP contribution in [0.5, 0.6) is 0 Å². The van der Waals surface area contributed by atoms with Gasteiger partial charge in [-0.2, -0.15) is 0 Å². The molecule has 1 heterocycles. The summed E-state index contributed by atoms with van der Waals surface area (Å²) >= 11 is 0. The first-order valence-corrected chi connectivity index (χ1v) is 7.21. The molecule has 6 heteroatoms. The summed E-state index contributed by atoms with van der Waals surface area (Å²) in [7, 11) is 0. The molecule has 0 radical (unpaired) electrons. The molecule has 0 bridgehead atoms. The normalized spacial score (nSPS) is 10.3. The SMILES string of the molecule is CCN(CCO)C(=O)Nc1ccc(-c2nccc(C)n2)cc1. The van der Waals surface area contributed by atoms with Crippen LogP contribution < -0.4 is 5.32 Å². The summed E-state index contributed by atoms with van der Waals surface area (Å²) in [5, 5.41) is 11.7. The van der Waals surface area contributed by atoms with Gasteiger partial charge in [-0.05, 0) is 44.2 Å². The largest absolute Gasteiger partial charge is 0.395 e. The average Bonchev–Trinajstić information content (AvgIpc) is 2.53. The summed E-state index contributed by atoms with van der Waals surface area (Å²) in [5.41, 5.74) is 2.49. The van der Waals surface area contributed by atoms with Gasteiger partial charge in [-0.1, -0.05) is 0 Å². The van der Waals surface area contributed by atoms with Gasteiger partial charge in [0, 0.05) is 36.2 Å². The third kappa shape index (κ3) is 4.02. The molecule has 6 nitrogen and oxygen atoms in total. The number of urea groups is 1. The van der Waals surface area contributed by atoms with Gasteiger partial charge in [0.1, 0.15) is 0 Å². The van der Waals surface area contributed by atoms with Crippen LogP contribution in [-0.2, 0) is 0 Å². The number of benzene rings is 1. The van der Waals surface area contributed by atoms with E-state index >= 15 is 0 Å². The number of aliphatic hydroxyl groups is 1. The van der Waals surface area contributed by atoms with Crippen molar-refractivity contribution >= 4 is 11.7 Å². The monoisotopic (exact) mass is 300 g/mol. The van der Waals surface area contributed by atoms with Crippen LogP contribution in [0.25, 0.3) is 11.4 Å². The van der Waals surface area contributed by atoms with Gasteiger partial charge in [-0.25, -0.2) is 14.8 Å². The maximum atomic E-state index is 12.0. The second-order valence-electron chi connectivity index (χ2n) is 4.83. The number of likely N-dealkylation sites (N-methyl/N-ethyl adjacent to an activating group) is 1. The van der Waals surface area contributed by atoms with Gasteiger partial charge in [-0.3, -0.25) is 0 Å². The summed E-state index contributed by atoms with van der Waals surface area (Å²) in [6, 6.07) is 8.98. The summed E-state index contributed by atoms with van der Waals surface area (Å²) in [6.45, 7) is 4.59. The van der Waals surface area contributed by atoms with Crippen LogP contribution >= 0.6 is 0 Å². The molecule has 0 aliphatic heterocycles. The smallest absolute Gasteiger partial charge is 0.321 e. The van der Waals surface area contributed by atoms with Gasteiger partial charge in [-0.15, -0.1) is 0 Å². The number of hydrogen-bond donors (Lipinski definition) is 2. The summed E-state index contributed by atoms with van der Waals surface area (Å²) < 4.78 is 0. The quantitative estimate of drug-likeness (QED) is 0.888. The number of nitrogens with one attached hydrogen (secondary N) is 1. The molecule has 0 unspecified atom stereocenters. The number of hydrogen-bond acceptors (Lipinski definition) is 4. The fraction of sp³-hybridized carbons (Fsp3) is 0.312. The number of carbonyl (C=O) groups is 1. The lowest BCUT2D eigenvalue weighted by Crippen LogP contribution is -2.36. The van der Waals surface area contributed by atoms with Crippen LogP contribution in [0.3, 0.4) is 0 Å². The maximum absolute atomic E-state index is 12.0. The Kier molecular flexibility index (Phi) is 5.43. The van der Waals surface area contributed by atoms with E-state index in [0.29, 0.717) is 24.6 Å². The van der Waals surface area contributed by atoms with Crippen LogP contribution in [0.15, 0.2) is 36.5 Å². The van der Waals surface area contributed by atoms with Crippen molar-refractivity contribution in [1.29, 1.82) is 0 Å². The van der Waals surface area contributed by atoms with Gasteiger partial charge >= 0.3 is 6.03 Å². The lowest BCUT2D eigenvalue weighted by molar-refractivity contribution is 0.192. The molecule has 2 amide bonds. The Morgan fingerprint density at radius 1 is 1.27 bits per heavy atom. The molecular formula is C16H20N4O2. The Balaban J connectivity index is 2.07. The number of carbonyl (C=O) groups excluding carboxylic acids is 1. The Labute approximate surface area is 129 Å². The van der Waals surface area contributed by atoms with E-state index in [1.165, 1.54) is 4.90 Å². The summed E-state index contributed by atoms with van der Waals surface area (Å²) in [6.07, 6.45) is 1.72. The molecule has 116 valence electrons. The van der Waals surface area contributed by atoms with E-state index in [9.17, 15) is 4.79 Å². The van der Waals surface area contributed by atoms with E-state index in [0.717, 1.165) is 11.3 Å². The number of nitrogens with zero attached hydrogens (tertiary/aromatic N) is 3. The Bertz CT molecular complexity index is 628. The predicted octanol–water partition coefficient (Wildman–Crippen LogP) is 2.30. The number of aryl methyl sites for hydroxylation is 1. The molecule has 0 atom stereocenters. The first-order valence-electron chi connectivity index (χ1n) is 7.21. The van der Waals surface area contributed by atoms with Gasteiger partial charge in [0.2, 0.25) is 0 Å². The zero-order valence-electron chi connectivity index (χ0n) is 12.8. The highest BCUT2D eigenvalue weighted by molar-refractivity contribution is 5.89. The van der Waals surface area contributed by atoms with Gasteiger partial charge < -0.3 is 15.3 Å². The average molecular weight is 300 g/mol. The first-order chi connectivity index (χ1) is 10.6. The Hall–Kier alpha value is -2.47. The van der Waals surface area contributed by atoms with Crippen molar-refractivity contribution in [3.63, 3.8) is 0 Å². The predicted molar refractivity (Wildman–Crippen MR) is 85.6 cm³/mol. The minimum atomic E-state index is -0.226.